The van der Waals surface area contributed by atoms with E-state index >= 15 is 0 Å². The number of allylic oxidation sites excluding steroid dienone is 3. The lowest BCUT2D eigenvalue weighted by Crippen LogP contribution is -2.51. The first-order chi connectivity index (χ1) is 13.9. The Hall–Kier alpha value is -1.73. The highest BCUT2D eigenvalue weighted by atomic mass is 35.5. The zero-order valence-corrected chi connectivity index (χ0v) is 19.3. The van der Waals surface area contributed by atoms with E-state index in [1.165, 1.54) is 0 Å². The van der Waals surface area contributed by atoms with Crippen LogP contribution in [0.4, 0.5) is 26.3 Å². The van der Waals surface area contributed by atoms with Crippen LogP contribution in [0.1, 0.15) is 52.2 Å². The summed E-state index contributed by atoms with van der Waals surface area (Å²) in [5.41, 5.74) is -2.54. The van der Waals surface area contributed by atoms with Gasteiger partial charge in [0.25, 0.3) is 0 Å². The largest absolute Gasteiger partial charge is 0.406 e. The molecule has 0 amide bonds. The van der Waals surface area contributed by atoms with E-state index in [4.69, 9.17) is 23.2 Å². The van der Waals surface area contributed by atoms with Crippen molar-refractivity contribution in [3.05, 3.63) is 63.3 Å². The van der Waals surface area contributed by atoms with E-state index in [0.717, 1.165) is 11.6 Å². The lowest BCUT2D eigenvalue weighted by molar-refractivity contribution is -0.297. The fourth-order valence-corrected chi connectivity index (χ4v) is 3.48. The van der Waals surface area contributed by atoms with Crippen molar-refractivity contribution in [2.24, 2.45) is 4.99 Å². The van der Waals surface area contributed by atoms with E-state index in [1.807, 2.05) is 6.92 Å². The van der Waals surface area contributed by atoms with Crippen LogP contribution in [-0.2, 0) is 5.41 Å². The molecule has 0 radical (unpaired) electrons. The summed E-state index contributed by atoms with van der Waals surface area (Å²) < 4.78 is 80.8. The molecule has 0 heterocycles. The van der Waals surface area contributed by atoms with E-state index in [9.17, 15) is 26.3 Å². The van der Waals surface area contributed by atoms with Gasteiger partial charge in [-0.25, -0.2) is 0 Å². The third-order valence-corrected chi connectivity index (χ3v) is 6.02. The average Bonchev–Trinajstić information content (AvgIpc) is 2.64. The molecule has 1 aromatic rings. The molecule has 0 bridgehead atoms. The number of hydrogen-bond donors (Lipinski definition) is 0. The van der Waals surface area contributed by atoms with E-state index in [1.54, 1.807) is 20.8 Å². The highest BCUT2D eigenvalue weighted by molar-refractivity contribution is 6.43. The molecule has 0 aliphatic heterocycles. The summed E-state index contributed by atoms with van der Waals surface area (Å²) in [5.74, 6) is 0. The quantitative estimate of drug-likeness (QED) is 0.216. The van der Waals surface area contributed by atoms with Gasteiger partial charge in [-0.2, -0.15) is 26.3 Å². The Kier molecular flexibility index (Phi) is 8.29. The normalized spacial score (nSPS) is 14.4. The number of hydrogen-bond acceptors (Lipinski definition) is 1. The molecule has 1 rings (SSSR count). The van der Waals surface area contributed by atoms with Crippen LogP contribution in [0.3, 0.4) is 0 Å². The van der Waals surface area contributed by atoms with Crippen LogP contribution < -0.4 is 0 Å². The summed E-state index contributed by atoms with van der Waals surface area (Å²) in [6.07, 6.45) is -10.6. The van der Waals surface area contributed by atoms with Gasteiger partial charge in [0.05, 0.1) is 15.7 Å². The third-order valence-electron chi connectivity index (χ3n) is 5.14. The molecule has 0 spiro atoms. The van der Waals surface area contributed by atoms with Crippen LogP contribution in [0.5, 0.6) is 0 Å². The molecule has 0 saturated heterocycles. The summed E-state index contributed by atoms with van der Waals surface area (Å²) in [5, 5.41) is -1.26. The van der Waals surface area contributed by atoms with Gasteiger partial charge in [0, 0.05) is 5.71 Å². The Morgan fingerprint density at radius 2 is 1.42 bits per heavy atom. The van der Waals surface area contributed by atoms with Gasteiger partial charge in [-0.05, 0) is 62.0 Å². The van der Waals surface area contributed by atoms with Crippen molar-refractivity contribution in [2.75, 3.05) is 0 Å². The van der Waals surface area contributed by atoms with Crippen LogP contribution in [0.15, 0.2) is 47.1 Å². The Morgan fingerprint density at radius 3 is 1.81 bits per heavy atom. The van der Waals surface area contributed by atoms with Crippen LogP contribution in [0, 0.1) is 0 Å². The smallest absolute Gasteiger partial charge is 0.253 e. The molecule has 0 aromatic heterocycles. The van der Waals surface area contributed by atoms with E-state index < -0.39 is 33.4 Å². The lowest BCUT2D eigenvalue weighted by Gasteiger charge is -2.35. The maximum Gasteiger partial charge on any atom is 0.406 e. The molecule has 0 saturated carbocycles. The zero-order chi connectivity index (χ0) is 24.5. The maximum atomic E-state index is 13.5. The lowest BCUT2D eigenvalue weighted by atomic mass is 9.80. The van der Waals surface area contributed by atoms with E-state index in [0.29, 0.717) is 35.0 Å². The first kappa shape index (κ1) is 27.3. The number of rotatable bonds is 6. The Morgan fingerprint density at radius 1 is 0.935 bits per heavy atom. The summed E-state index contributed by atoms with van der Waals surface area (Å²) in [6.45, 7) is 14.7. The van der Waals surface area contributed by atoms with Gasteiger partial charge in [0.15, 0.2) is 5.41 Å². The summed E-state index contributed by atoms with van der Waals surface area (Å²) in [6, 6.07) is 1.78. The molecule has 0 N–H and O–H groups in total. The van der Waals surface area contributed by atoms with Gasteiger partial charge in [0.2, 0.25) is 0 Å². The van der Waals surface area contributed by atoms with Crippen LogP contribution in [0.2, 0.25) is 10.0 Å². The minimum atomic E-state index is -5.64. The molecule has 31 heavy (non-hydrogen) atoms. The fraction of sp³-hybridized carbons (Fsp3) is 0.409. The highest BCUT2D eigenvalue weighted by Gasteiger charge is 2.69. The van der Waals surface area contributed by atoms with Crippen LogP contribution in [-0.4, -0.2) is 18.1 Å². The number of halogens is 8. The van der Waals surface area contributed by atoms with Crippen molar-refractivity contribution >= 4 is 34.5 Å². The predicted molar refractivity (Wildman–Crippen MR) is 116 cm³/mol. The minimum Gasteiger partial charge on any atom is -0.253 e. The molecule has 0 fully saturated rings. The van der Waals surface area contributed by atoms with Gasteiger partial charge >= 0.3 is 12.4 Å². The Labute approximate surface area is 188 Å². The second-order valence-electron chi connectivity index (χ2n) is 7.32. The summed E-state index contributed by atoms with van der Waals surface area (Å²) >= 11 is 12.2. The Bertz CT molecular complexity index is 938. The topological polar surface area (TPSA) is 12.4 Å². The van der Waals surface area contributed by atoms with E-state index in [-0.39, 0.29) is 12.5 Å². The molecule has 172 valence electrons. The molecular weight excluding hydrogens is 463 g/mol. The average molecular weight is 486 g/mol. The maximum absolute atomic E-state index is 13.5. The number of aliphatic imine (C=N–C) groups is 1. The van der Waals surface area contributed by atoms with Crippen LogP contribution >= 0.6 is 23.2 Å². The molecule has 0 aliphatic carbocycles. The SMILES string of the molecule is C=C(CC)C(C)=N/C(C(=C)C)=C(\C)c1ccc(C(C)(C(F)(F)F)C(F)(F)F)c(Cl)c1Cl. The molecule has 9 heteroatoms. The molecule has 0 aliphatic rings. The van der Waals surface area contributed by atoms with Gasteiger partial charge in [-0.15, -0.1) is 0 Å². The predicted octanol–water partition coefficient (Wildman–Crippen LogP) is 9.11. The molecule has 1 nitrogen and oxygen atoms in total. The zero-order valence-electron chi connectivity index (χ0n) is 17.7. The first-order valence-electron chi connectivity index (χ1n) is 9.14. The van der Waals surface area contributed by atoms with Crippen molar-refractivity contribution in [1.29, 1.82) is 0 Å². The standard InChI is InChI=1S/C22H23Cl2F6N/c1-8-12(4)14(6)31-19(11(2)3)13(5)15-9-10-16(18(24)17(15)23)20(7,21(25,26)27)22(28,29)30/h9-10H,2,4,8H2,1,3,5-7H3/b19-13+,31-14?. The molecule has 0 unspecified atom stereocenters. The van der Waals surface area contributed by atoms with Gasteiger partial charge in [0.1, 0.15) is 0 Å². The number of alkyl halides is 6. The first-order valence-corrected chi connectivity index (χ1v) is 9.89. The van der Waals surface area contributed by atoms with Crippen molar-refractivity contribution in [3.8, 4) is 0 Å². The van der Waals surface area contributed by atoms with Gasteiger partial charge < -0.3 is 0 Å². The number of nitrogens with zero attached hydrogens (tertiary/aromatic N) is 1. The fourth-order valence-electron chi connectivity index (χ4n) is 2.82. The third kappa shape index (κ3) is 5.20. The van der Waals surface area contributed by atoms with Crippen molar-refractivity contribution in [2.45, 2.75) is 58.8 Å². The second-order valence-corrected chi connectivity index (χ2v) is 8.07. The molecule has 1 aromatic carbocycles. The Balaban J connectivity index is 3.84. The number of benzene rings is 1. The van der Waals surface area contributed by atoms with E-state index in [2.05, 4.69) is 18.2 Å². The minimum absolute atomic E-state index is 0.0379. The monoisotopic (exact) mass is 485 g/mol. The highest BCUT2D eigenvalue weighted by Crippen LogP contribution is 2.54. The van der Waals surface area contributed by atoms with Crippen molar-refractivity contribution in [3.63, 3.8) is 0 Å². The van der Waals surface area contributed by atoms with Gasteiger partial charge in [-0.3, -0.25) is 4.99 Å². The summed E-state index contributed by atoms with van der Waals surface area (Å²) in [7, 11) is 0. The van der Waals surface area contributed by atoms with Crippen molar-refractivity contribution < 1.29 is 26.3 Å². The molecule has 0 atom stereocenters. The second kappa shape index (κ2) is 9.41. The molecular formula is C22H23Cl2F6N. The van der Waals surface area contributed by atoms with Crippen LogP contribution in [0.25, 0.3) is 5.57 Å². The summed E-state index contributed by atoms with van der Waals surface area (Å²) in [4.78, 5) is 4.48. The van der Waals surface area contributed by atoms with Crippen molar-refractivity contribution in [1.82, 2.24) is 0 Å². The van der Waals surface area contributed by atoms with Gasteiger partial charge in [-0.1, -0.05) is 55.4 Å².